The SMILES string of the molecule is O=C1N(C2CCCCC2)[B-](c2c(F)c(F)c(F)c(F)c2F)(c2c(F)c(F)c(F)c(F)c2F)OC(c2c(F)c(F)c(F)c(F)c2F)=[N+]1C1CCCCC1. The third-order valence-corrected chi connectivity index (χ3v) is 9.92. The van der Waals surface area contributed by atoms with Gasteiger partial charge in [0.1, 0.15) is 34.9 Å². The molecule has 2 amide bonds. The van der Waals surface area contributed by atoms with Crippen molar-refractivity contribution in [2.75, 3.05) is 0 Å². The minimum Gasteiger partial charge on any atom is -0.640 e. The summed E-state index contributed by atoms with van der Waals surface area (Å²) in [7, 11) is 0. The molecule has 0 unspecified atom stereocenters. The Morgan fingerprint density at radius 2 is 0.788 bits per heavy atom. The molecule has 6 rings (SSSR count). The number of carbonyl (C=O) groups excluding carboxylic acids is 1. The van der Waals surface area contributed by atoms with Crippen molar-refractivity contribution in [3.05, 3.63) is 92.8 Å². The summed E-state index contributed by atoms with van der Waals surface area (Å²) in [5.41, 5.74) is -7.29. The maximum absolute atomic E-state index is 16.1. The van der Waals surface area contributed by atoms with Crippen molar-refractivity contribution >= 4 is 29.3 Å². The van der Waals surface area contributed by atoms with Gasteiger partial charge in [-0.05, 0) is 62.3 Å². The highest BCUT2D eigenvalue weighted by Gasteiger charge is 2.63. The molecule has 280 valence electrons. The van der Waals surface area contributed by atoms with E-state index in [-0.39, 0.29) is 60.8 Å². The lowest BCUT2D eigenvalue weighted by atomic mass is 9.38. The van der Waals surface area contributed by atoms with Gasteiger partial charge in [-0.1, -0.05) is 12.8 Å². The number of carbonyl (C=O) groups is 1. The zero-order valence-electron chi connectivity index (χ0n) is 26.2. The van der Waals surface area contributed by atoms with Crippen molar-refractivity contribution in [3.8, 4) is 0 Å². The van der Waals surface area contributed by atoms with Crippen molar-refractivity contribution in [1.82, 2.24) is 4.81 Å². The van der Waals surface area contributed by atoms with Crippen LogP contribution in [0.3, 0.4) is 0 Å². The molecule has 0 spiro atoms. The van der Waals surface area contributed by atoms with Crippen LogP contribution in [0.4, 0.5) is 70.7 Å². The van der Waals surface area contributed by atoms with Crippen LogP contribution < -0.4 is 10.9 Å². The molecule has 0 atom stereocenters. The number of nitrogens with zero attached hydrogens (tertiary/aromatic N) is 2. The maximum Gasteiger partial charge on any atom is 0.453 e. The molecule has 0 bridgehead atoms. The standard InChI is InChI=1S/C32H22BF15N2O2/c34-16-13(17(35)23(41)28(46)22(16)40)31-49(11-7-3-1-4-8-11)32(51)50(12-9-5-2-6-10-12)33(52-31,14-18(36)24(42)29(47)25(43)19(14)37)15-20(38)26(44)30(48)27(45)21(15)39/h11-12H,1-10H2. The summed E-state index contributed by atoms with van der Waals surface area (Å²) in [5, 5.41) is 0. The van der Waals surface area contributed by atoms with Crippen LogP contribution in [0.5, 0.6) is 0 Å². The van der Waals surface area contributed by atoms with E-state index < -0.39 is 134 Å². The third kappa shape index (κ3) is 5.32. The van der Waals surface area contributed by atoms with Gasteiger partial charge in [-0.25, -0.2) is 70.7 Å². The van der Waals surface area contributed by atoms with Crippen LogP contribution in [0.1, 0.15) is 69.8 Å². The number of benzene rings is 3. The lowest BCUT2D eigenvalue weighted by Gasteiger charge is -2.53. The summed E-state index contributed by atoms with van der Waals surface area (Å²) in [6, 6.07) is -4.84. The molecule has 1 aliphatic heterocycles. The molecular weight excluding hydrogens is 740 g/mol. The summed E-state index contributed by atoms with van der Waals surface area (Å²) in [4.78, 5) is 14.9. The topological polar surface area (TPSA) is 32.6 Å². The lowest BCUT2D eigenvalue weighted by molar-refractivity contribution is -0.493. The maximum atomic E-state index is 16.1. The summed E-state index contributed by atoms with van der Waals surface area (Å²) in [5.74, 6) is -45.2. The van der Waals surface area contributed by atoms with E-state index in [4.69, 9.17) is 4.65 Å². The Balaban J connectivity index is 1.90. The Kier molecular flexibility index (Phi) is 9.74. The van der Waals surface area contributed by atoms with Gasteiger partial charge in [0.15, 0.2) is 58.2 Å². The summed E-state index contributed by atoms with van der Waals surface area (Å²) in [6.45, 7) is -5.72. The summed E-state index contributed by atoms with van der Waals surface area (Å²) >= 11 is 0. The fourth-order valence-corrected chi connectivity index (χ4v) is 7.56. The molecule has 3 aromatic rings. The van der Waals surface area contributed by atoms with E-state index in [2.05, 4.69) is 0 Å². The Labute approximate surface area is 283 Å². The molecule has 0 aromatic heterocycles. The molecule has 0 saturated heterocycles. The molecule has 3 aliphatic rings. The van der Waals surface area contributed by atoms with Gasteiger partial charge < -0.3 is 9.47 Å². The predicted molar refractivity (Wildman–Crippen MR) is 150 cm³/mol. The van der Waals surface area contributed by atoms with Crippen LogP contribution in [0.25, 0.3) is 0 Å². The Morgan fingerprint density at radius 3 is 1.17 bits per heavy atom. The summed E-state index contributed by atoms with van der Waals surface area (Å²) in [6.07, 6.45) is 0.598. The van der Waals surface area contributed by atoms with E-state index in [1.807, 2.05) is 0 Å². The zero-order valence-corrected chi connectivity index (χ0v) is 26.2. The molecule has 0 N–H and O–H groups in total. The van der Waals surface area contributed by atoms with Crippen LogP contribution >= 0.6 is 0 Å². The second-order valence-corrected chi connectivity index (χ2v) is 12.7. The van der Waals surface area contributed by atoms with Crippen LogP contribution in [0, 0.1) is 87.3 Å². The predicted octanol–water partition coefficient (Wildman–Crippen LogP) is 7.91. The minimum absolute atomic E-state index is 0.0138. The van der Waals surface area contributed by atoms with Gasteiger partial charge in [0.2, 0.25) is 5.82 Å². The number of halogens is 15. The lowest BCUT2D eigenvalue weighted by Crippen LogP contribution is -2.82. The van der Waals surface area contributed by atoms with Gasteiger partial charge in [-0.15, -0.1) is 0 Å². The number of rotatable bonds is 5. The largest absolute Gasteiger partial charge is 0.640 e. The number of amides is 2. The first-order valence-corrected chi connectivity index (χ1v) is 15.9. The zero-order chi connectivity index (χ0) is 38.1. The molecule has 1 heterocycles. The van der Waals surface area contributed by atoms with E-state index in [0.717, 1.165) is 0 Å². The smallest absolute Gasteiger partial charge is 0.453 e. The van der Waals surface area contributed by atoms with Crippen molar-refractivity contribution in [2.45, 2.75) is 76.3 Å². The average molecular weight is 762 g/mol. The fourth-order valence-electron chi connectivity index (χ4n) is 7.56. The van der Waals surface area contributed by atoms with Gasteiger partial charge in [-0.3, -0.25) is 0 Å². The van der Waals surface area contributed by atoms with Gasteiger partial charge in [0, 0.05) is 0 Å². The first kappa shape index (κ1) is 37.4. The number of hydrogen-bond donors (Lipinski definition) is 0. The van der Waals surface area contributed by atoms with Crippen molar-refractivity contribution in [3.63, 3.8) is 0 Å². The molecule has 52 heavy (non-hydrogen) atoms. The summed E-state index contributed by atoms with van der Waals surface area (Å²) < 4.78 is 234. The molecular formula is C32H22BF15N2O2. The highest BCUT2D eigenvalue weighted by molar-refractivity contribution is 6.98. The first-order valence-electron chi connectivity index (χ1n) is 15.9. The Hall–Kier alpha value is -4.39. The van der Waals surface area contributed by atoms with E-state index in [1.165, 1.54) is 0 Å². The van der Waals surface area contributed by atoms with Crippen LogP contribution in [0.2, 0.25) is 0 Å². The molecule has 2 fully saturated rings. The first-order chi connectivity index (χ1) is 24.5. The van der Waals surface area contributed by atoms with Crippen LogP contribution in [-0.2, 0) is 4.65 Å². The average Bonchev–Trinajstić information content (AvgIpc) is 3.14. The van der Waals surface area contributed by atoms with Crippen molar-refractivity contribution < 1.29 is 79.9 Å². The van der Waals surface area contributed by atoms with Gasteiger partial charge in [0.25, 0.3) is 5.90 Å². The second kappa shape index (κ2) is 13.5. The molecule has 4 nitrogen and oxygen atoms in total. The van der Waals surface area contributed by atoms with Crippen molar-refractivity contribution in [1.29, 1.82) is 0 Å². The molecule has 0 radical (unpaired) electrons. The highest BCUT2D eigenvalue weighted by Crippen LogP contribution is 2.38. The quantitative estimate of drug-likeness (QED) is 0.0872. The van der Waals surface area contributed by atoms with E-state index in [1.54, 1.807) is 0 Å². The Bertz CT molecular complexity index is 1890. The second-order valence-electron chi connectivity index (χ2n) is 12.7. The normalized spacial score (nSPS) is 18.8. The third-order valence-electron chi connectivity index (χ3n) is 9.92. The molecule has 2 saturated carbocycles. The Morgan fingerprint density at radius 1 is 0.462 bits per heavy atom. The van der Waals surface area contributed by atoms with Crippen molar-refractivity contribution in [2.24, 2.45) is 0 Å². The van der Waals surface area contributed by atoms with Gasteiger partial charge in [0.05, 0.1) is 6.04 Å². The molecule has 3 aromatic carbocycles. The van der Waals surface area contributed by atoms with Gasteiger partial charge in [-0.2, -0.15) is 4.58 Å². The van der Waals surface area contributed by atoms with Gasteiger partial charge >= 0.3 is 12.5 Å². The minimum atomic E-state index is -5.72. The van der Waals surface area contributed by atoms with E-state index in [9.17, 15) is 26.7 Å². The van der Waals surface area contributed by atoms with Crippen LogP contribution in [-0.4, -0.2) is 39.9 Å². The van der Waals surface area contributed by atoms with Crippen LogP contribution in [0.15, 0.2) is 0 Å². The molecule has 20 heteroatoms. The van der Waals surface area contributed by atoms with E-state index in [0.29, 0.717) is 12.8 Å². The monoisotopic (exact) mass is 762 g/mol. The number of hydrogen-bond acceptors (Lipinski definition) is 2. The van der Waals surface area contributed by atoms with E-state index >= 15 is 43.9 Å². The molecule has 2 aliphatic carbocycles. The fraction of sp³-hybridized carbons (Fsp3) is 0.375. The highest BCUT2D eigenvalue weighted by atomic mass is 19.2. The number of urea groups is 1.